The second-order valence-electron chi connectivity index (χ2n) is 4.38. The van der Waals surface area contributed by atoms with Crippen molar-refractivity contribution in [3.8, 4) is 11.4 Å². The van der Waals surface area contributed by atoms with Gasteiger partial charge in [-0.1, -0.05) is 23.8 Å². The van der Waals surface area contributed by atoms with Crippen LogP contribution in [0.1, 0.15) is 35.0 Å². The summed E-state index contributed by atoms with van der Waals surface area (Å²) in [5, 5.41) is 0. The highest BCUT2D eigenvalue weighted by Gasteiger charge is 2.22. The normalized spacial score (nSPS) is 10.7. The second-order valence-corrected chi connectivity index (χ2v) is 4.38. The molecule has 0 unspecified atom stereocenters. The number of aromatic nitrogens is 2. The van der Waals surface area contributed by atoms with Crippen LogP contribution in [-0.4, -0.2) is 22.5 Å². The summed E-state index contributed by atoms with van der Waals surface area (Å²) in [5.41, 5.74) is 0.666. The molecule has 6 heteroatoms. The van der Waals surface area contributed by atoms with E-state index >= 15 is 0 Å². The Morgan fingerprint density at radius 3 is 2.76 bits per heavy atom. The van der Waals surface area contributed by atoms with E-state index in [1.165, 1.54) is 0 Å². The Kier molecular flexibility index (Phi) is 4.57. The molecule has 1 heterocycles. The van der Waals surface area contributed by atoms with Crippen molar-refractivity contribution in [2.24, 2.45) is 0 Å². The van der Waals surface area contributed by atoms with E-state index in [0.717, 1.165) is 11.8 Å². The van der Waals surface area contributed by atoms with Crippen molar-refractivity contribution in [2.75, 3.05) is 6.61 Å². The van der Waals surface area contributed by atoms with Crippen LogP contribution in [0.4, 0.5) is 8.78 Å². The molecule has 0 atom stereocenters. The molecule has 0 fully saturated rings. The molecule has 0 N–H and O–H groups in total. The number of benzene rings is 1. The fourth-order valence-corrected chi connectivity index (χ4v) is 1.85. The standard InChI is InChI=1S/C15H14F2N2O2/c1-3-21-15(20)11-8-18-14(19-12(11)13(16)17)10-6-4-5-9(2)7-10/h4-8,13H,3H2,1-2H3. The zero-order valence-corrected chi connectivity index (χ0v) is 11.6. The maximum absolute atomic E-state index is 13.1. The fourth-order valence-electron chi connectivity index (χ4n) is 1.85. The van der Waals surface area contributed by atoms with E-state index in [0.29, 0.717) is 5.56 Å². The quantitative estimate of drug-likeness (QED) is 0.808. The van der Waals surface area contributed by atoms with E-state index in [4.69, 9.17) is 4.74 Å². The zero-order chi connectivity index (χ0) is 15.4. The van der Waals surface area contributed by atoms with Gasteiger partial charge in [0, 0.05) is 11.8 Å². The van der Waals surface area contributed by atoms with Gasteiger partial charge in [0.05, 0.1) is 6.61 Å². The van der Waals surface area contributed by atoms with Crippen molar-refractivity contribution in [3.63, 3.8) is 0 Å². The molecule has 0 spiro atoms. The van der Waals surface area contributed by atoms with Gasteiger partial charge in [-0.05, 0) is 19.9 Å². The Morgan fingerprint density at radius 2 is 2.14 bits per heavy atom. The summed E-state index contributed by atoms with van der Waals surface area (Å²) in [7, 11) is 0. The fraction of sp³-hybridized carbons (Fsp3) is 0.267. The lowest BCUT2D eigenvalue weighted by molar-refractivity contribution is 0.0513. The average Bonchev–Trinajstić information content (AvgIpc) is 2.46. The molecule has 0 aliphatic heterocycles. The van der Waals surface area contributed by atoms with Crippen molar-refractivity contribution >= 4 is 5.97 Å². The summed E-state index contributed by atoms with van der Waals surface area (Å²) in [6.45, 7) is 3.58. The molecule has 0 aliphatic rings. The third kappa shape index (κ3) is 3.39. The van der Waals surface area contributed by atoms with Gasteiger partial charge in [0.25, 0.3) is 6.43 Å². The summed E-state index contributed by atoms with van der Waals surface area (Å²) < 4.78 is 30.9. The van der Waals surface area contributed by atoms with Gasteiger partial charge >= 0.3 is 5.97 Å². The van der Waals surface area contributed by atoms with Crippen LogP contribution in [-0.2, 0) is 4.74 Å². The third-order valence-corrected chi connectivity index (χ3v) is 2.80. The number of hydrogen-bond donors (Lipinski definition) is 0. The molecule has 0 aliphatic carbocycles. The monoisotopic (exact) mass is 292 g/mol. The van der Waals surface area contributed by atoms with Crippen LogP contribution in [0.5, 0.6) is 0 Å². The van der Waals surface area contributed by atoms with E-state index in [1.54, 1.807) is 25.1 Å². The Hall–Kier alpha value is -2.37. The number of carbonyl (C=O) groups is 1. The van der Waals surface area contributed by atoms with Crippen LogP contribution in [0.15, 0.2) is 30.5 Å². The van der Waals surface area contributed by atoms with Crippen molar-refractivity contribution in [1.29, 1.82) is 0 Å². The molecule has 4 nitrogen and oxygen atoms in total. The molecule has 0 saturated heterocycles. The molecular formula is C15H14F2N2O2. The first-order valence-electron chi connectivity index (χ1n) is 6.42. The topological polar surface area (TPSA) is 52.1 Å². The first-order valence-corrected chi connectivity index (χ1v) is 6.42. The SMILES string of the molecule is CCOC(=O)c1cnc(-c2cccc(C)c2)nc1C(F)F. The summed E-state index contributed by atoms with van der Waals surface area (Å²) >= 11 is 0. The summed E-state index contributed by atoms with van der Waals surface area (Å²) in [6, 6.07) is 7.18. The first kappa shape index (κ1) is 15.0. The minimum absolute atomic E-state index is 0.0984. The summed E-state index contributed by atoms with van der Waals surface area (Å²) in [4.78, 5) is 19.5. The minimum atomic E-state index is -2.88. The number of aryl methyl sites for hydroxylation is 1. The van der Waals surface area contributed by atoms with E-state index in [2.05, 4.69) is 9.97 Å². The predicted octanol–water partition coefficient (Wildman–Crippen LogP) is 3.57. The van der Waals surface area contributed by atoms with Crippen LogP contribution < -0.4 is 0 Å². The van der Waals surface area contributed by atoms with Crippen LogP contribution in [0.3, 0.4) is 0 Å². The molecular weight excluding hydrogens is 278 g/mol. The highest BCUT2D eigenvalue weighted by molar-refractivity contribution is 5.90. The number of hydrogen-bond acceptors (Lipinski definition) is 4. The van der Waals surface area contributed by atoms with Gasteiger partial charge in [-0.3, -0.25) is 0 Å². The molecule has 0 bridgehead atoms. The molecule has 0 amide bonds. The van der Waals surface area contributed by atoms with Crippen molar-refractivity contribution < 1.29 is 18.3 Å². The Bertz CT molecular complexity index is 660. The maximum Gasteiger partial charge on any atom is 0.341 e. The van der Waals surface area contributed by atoms with Gasteiger partial charge < -0.3 is 4.74 Å². The van der Waals surface area contributed by atoms with Crippen LogP contribution >= 0.6 is 0 Å². The average molecular weight is 292 g/mol. The highest BCUT2D eigenvalue weighted by Crippen LogP contribution is 2.24. The Labute approximate surface area is 120 Å². The van der Waals surface area contributed by atoms with Crippen LogP contribution in [0.2, 0.25) is 0 Å². The van der Waals surface area contributed by atoms with Crippen LogP contribution in [0.25, 0.3) is 11.4 Å². The number of carbonyl (C=O) groups excluding carboxylic acids is 1. The van der Waals surface area contributed by atoms with E-state index in [-0.39, 0.29) is 18.0 Å². The first-order chi connectivity index (χ1) is 10.0. The van der Waals surface area contributed by atoms with Gasteiger partial charge in [0.15, 0.2) is 5.82 Å². The van der Waals surface area contributed by atoms with Gasteiger partial charge in [0.1, 0.15) is 11.3 Å². The summed E-state index contributed by atoms with van der Waals surface area (Å²) in [5.74, 6) is -0.689. The summed E-state index contributed by atoms with van der Waals surface area (Å²) in [6.07, 6.45) is -1.79. The lowest BCUT2D eigenvalue weighted by Gasteiger charge is -2.09. The van der Waals surface area contributed by atoms with Crippen molar-refractivity contribution in [2.45, 2.75) is 20.3 Å². The second kappa shape index (κ2) is 6.39. The lowest BCUT2D eigenvalue weighted by Crippen LogP contribution is -2.11. The zero-order valence-electron chi connectivity index (χ0n) is 11.6. The van der Waals surface area contributed by atoms with Crippen molar-refractivity contribution in [1.82, 2.24) is 9.97 Å². The van der Waals surface area contributed by atoms with Gasteiger partial charge in [0.2, 0.25) is 0 Å². The molecule has 0 radical (unpaired) electrons. The molecule has 1 aromatic carbocycles. The number of alkyl halides is 2. The van der Waals surface area contributed by atoms with Crippen molar-refractivity contribution in [3.05, 3.63) is 47.3 Å². The molecule has 21 heavy (non-hydrogen) atoms. The smallest absolute Gasteiger partial charge is 0.341 e. The van der Waals surface area contributed by atoms with E-state index in [1.807, 2.05) is 13.0 Å². The Morgan fingerprint density at radius 1 is 1.38 bits per heavy atom. The highest BCUT2D eigenvalue weighted by atomic mass is 19.3. The number of ether oxygens (including phenoxy) is 1. The number of nitrogens with zero attached hydrogens (tertiary/aromatic N) is 2. The lowest BCUT2D eigenvalue weighted by atomic mass is 10.1. The van der Waals surface area contributed by atoms with Gasteiger partial charge in [-0.2, -0.15) is 0 Å². The van der Waals surface area contributed by atoms with Gasteiger partial charge in [-0.25, -0.2) is 23.5 Å². The largest absolute Gasteiger partial charge is 0.462 e. The number of halogens is 2. The van der Waals surface area contributed by atoms with Crippen LogP contribution in [0, 0.1) is 6.92 Å². The number of esters is 1. The molecule has 1 aromatic heterocycles. The Balaban J connectivity index is 2.48. The molecule has 2 aromatic rings. The predicted molar refractivity (Wildman–Crippen MR) is 73.1 cm³/mol. The van der Waals surface area contributed by atoms with E-state index in [9.17, 15) is 13.6 Å². The molecule has 2 rings (SSSR count). The third-order valence-electron chi connectivity index (χ3n) is 2.80. The minimum Gasteiger partial charge on any atom is -0.462 e. The molecule has 110 valence electrons. The molecule has 0 saturated carbocycles. The van der Waals surface area contributed by atoms with E-state index < -0.39 is 18.1 Å². The van der Waals surface area contributed by atoms with Gasteiger partial charge in [-0.15, -0.1) is 0 Å². The number of rotatable bonds is 4. The maximum atomic E-state index is 13.1.